The van der Waals surface area contributed by atoms with Crippen molar-refractivity contribution in [3.05, 3.63) is 0 Å². The van der Waals surface area contributed by atoms with Gasteiger partial charge >= 0.3 is 39.5 Å². The summed E-state index contributed by atoms with van der Waals surface area (Å²) in [6.07, 6.45) is 70.7. The van der Waals surface area contributed by atoms with Crippen molar-refractivity contribution in [2.45, 2.75) is 477 Å². The number of phosphoric acid groups is 2. The van der Waals surface area contributed by atoms with Crippen molar-refractivity contribution in [2.24, 2.45) is 5.92 Å². The van der Waals surface area contributed by atoms with E-state index >= 15 is 0 Å². The zero-order valence-corrected chi connectivity index (χ0v) is 70.0. The summed E-state index contributed by atoms with van der Waals surface area (Å²) in [5, 5.41) is 10.7. The first-order valence-corrected chi connectivity index (χ1v) is 47.1. The lowest BCUT2D eigenvalue weighted by Gasteiger charge is -2.21. The molecule has 17 nitrogen and oxygen atoms in total. The van der Waals surface area contributed by atoms with Crippen molar-refractivity contribution in [3.8, 4) is 0 Å². The molecule has 0 aromatic heterocycles. The fourth-order valence-electron chi connectivity index (χ4n) is 13.3. The van der Waals surface area contributed by atoms with Crippen LogP contribution in [0, 0.1) is 5.92 Å². The molecular formula is C85H166O17P2. The van der Waals surface area contributed by atoms with Crippen LogP contribution < -0.4 is 0 Å². The maximum absolute atomic E-state index is 13.1. The van der Waals surface area contributed by atoms with Gasteiger partial charge in [-0.3, -0.25) is 37.3 Å². The summed E-state index contributed by atoms with van der Waals surface area (Å²) < 4.78 is 68.9. The number of rotatable bonds is 85. The second-order valence-corrected chi connectivity index (χ2v) is 34.0. The number of aliphatic hydroxyl groups excluding tert-OH is 1. The van der Waals surface area contributed by atoms with E-state index in [2.05, 4.69) is 34.6 Å². The monoisotopic (exact) mass is 1520 g/mol. The van der Waals surface area contributed by atoms with Gasteiger partial charge in [-0.1, -0.05) is 407 Å². The van der Waals surface area contributed by atoms with E-state index in [0.717, 1.165) is 95.8 Å². The van der Waals surface area contributed by atoms with Gasteiger partial charge in [0.15, 0.2) is 12.2 Å². The van der Waals surface area contributed by atoms with Crippen LogP contribution in [0.5, 0.6) is 0 Å². The van der Waals surface area contributed by atoms with Crippen molar-refractivity contribution in [3.63, 3.8) is 0 Å². The van der Waals surface area contributed by atoms with E-state index in [0.29, 0.717) is 25.7 Å². The smallest absolute Gasteiger partial charge is 0.462 e. The molecule has 5 atom stereocenters. The Hall–Kier alpha value is -1.94. The van der Waals surface area contributed by atoms with Crippen LogP contribution in [0.1, 0.15) is 458 Å². The number of esters is 4. The molecule has 104 heavy (non-hydrogen) atoms. The molecular weight excluding hydrogens is 1350 g/mol. The maximum atomic E-state index is 13.1. The van der Waals surface area contributed by atoms with Crippen LogP contribution in [-0.2, 0) is 65.4 Å². The van der Waals surface area contributed by atoms with Crippen LogP contribution in [0.2, 0.25) is 0 Å². The molecule has 0 saturated carbocycles. The average molecular weight is 1520 g/mol. The third kappa shape index (κ3) is 78.2. The molecule has 0 bridgehead atoms. The Balaban J connectivity index is 5.25. The lowest BCUT2D eigenvalue weighted by Crippen LogP contribution is -2.30. The van der Waals surface area contributed by atoms with Crippen LogP contribution in [-0.4, -0.2) is 96.7 Å². The summed E-state index contributed by atoms with van der Waals surface area (Å²) in [4.78, 5) is 73.2. The Labute approximate surface area is 638 Å². The van der Waals surface area contributed by atoms with E-state index < -0.39 is 97.5 Å². The predicted octanol–water partition coefficient (Wildman–Crippen LogP) is 26.0. The Morgan fingerprint density at radius 3 is 0.654 bits per heavy atom. The van der Waals surface area contributed by atoms with E-state index in [9.17, 15) is 43.2 Å². The number of ether oxygens (including phenoxy) is 4. The number of aliphatic hydroxyl groups is 1. The number of unbranched alkanes of at least 4 members (excludes halogenated alkanes) is 57. The average Bonchev–Trinajstić information content (AvgIpc) is 0.903. The molecule has 0 heterocycles. The molecule has 0 rings (SSSR count). The van der Waals surface area contributed by atoms with Crippen molar-refractivity contribution < 1.29 is 80.2 Å². The highest BCUT2D eigenvalue weighted by Gasteiger charge is 2.30. The van der Waals surface area contributed by atoms with Gasteiger partial charge in [-0.05, 0) is 31.6 Å². The van der Waals surface area contributed by atoms with E-state index in [4.69, 9.17) is 37.0 Å². The highest BCUT2D eigenvalue weighted by atomic mass is 31.2. The van der Waals surface area contributed by atoms with Crippen molar-refractivity contribution in [1.29, 1.82) is 0 Å². The number of phosphoric ester groups is 2. The lowest BCUT2D eigenvalue weighted by molar-refractivity contribution is -0.161. The van der Waals surface area contributed by atoms with Crippen LogP contribution in [0.15, 0.2) is 0 Å². The van der Waals surface area contributed by atoms with Crippen molar-refractivity contribution in [2.75, 3.05) is 39.6 Å². The predicted molar refractivity (Wildman–Crippen MR) is 428 cm³/mol. The van der Waals surface area contributed by atoms with Gasteiger partial charge < -0.3 is 33.8 Å². The molecule has 0 aliphatic carbocycles. The molecule has 0 saturated heterocycles. The highest BCUT2D eigenvalue weighted by molar-refractivity contribution is 7.47. The Morgan fingerprint density at radius 2 is 0.442 bits per heavy atom. The van der Waals surface area contributed by atoms with Crippen molar-refractivity contribution >= 4 is 39.5 Å². The van der Waals surface area contributed by atoms with E-state index in [1.165, 1.54) is 283 Å². The Morgan fingerprint density at radius 1 is 0.260 bits per heavy atom. The van der Waals surface area contributed by atoms with Crippen LogP contribution in [0.4, 0.5) is 0 Å². The minimum Gasteiger partial charge on any atom is -0.462 e. The molecule has 0 fully saturated rings. The highest BCUT2D eigenvalue weighted by Crippen LogP contribution is 2.45. The normalized spacial score (nSPS) is 13.8. The summed E-state index contributed by atoms with van der Waals surface area (Å²) in [5.74, 6) is -1.32. The van der Waals surface area contributed by atoms with Gasteiger partial charge in [-0.25, -0.2) is 9.13 Å². The largest absolute Gasteiger partial charge is 0.472 e. The SMILES string of the molecule is CCCCCCCCCCCCCCCCCCCCCCC(=O)O[C@H](COC(=O)CCCCCCCCCCCCCCCCCCC)COP(=O)(O)OC[C@@H](O)COP(=O)(O)OC[C@@H](COC(=O)CCCCCCCCCCCCCC)OC(=O)CCCCCCCCCCCCCCC(C)C. The molecule has 19 heteroatoms. The molecule has 0 aliphatic rings. The molecule has 0 amide bonds. The molecule has 0 radical (unpaired) electrons. The van der Waals surface area contributed by atoms with Gasteiger partial charge in [0.05, 0.1) is 26.4 Å². The van der Waals surface area contributed by atoms with Crippen LogP contribution in [0.3, 0.4) is 0 Å². The standard InChI is InChI=1S/C85H166O17P2/c1-6-9-12-15-18-21-24-27-29-31-32-33-35-37-39-45-50-55-60-65-70-84(89)101-81(75-96-83(88)69-64-59-54-49-44-38-36-34-30-28-25-22-19-16-13-10-7-2)77-100-104(93,94)98-73-79(86)72-97-103(91,92)99-76-80(74-95-82(87)68-63-58-53-48-43-26-23-20-17-14-11-8-3)102-85(90)71-66-61-56-51-46-41-40-42-47-52-57-62-67-78(4)5/h78-81,86H,6-77H2,1-5H3,(H,91,92)(H,93,94)/t79-,80+,81+/m0/s1. The number of carbonyl (C=O) groups is 4. The van der Waals surface area contributed by atoms with Gasteiger partial charge in [0.2, 0.25) is 0 Å². The quantitative estimate of drug-likeness (QED) is 0.0222. The fourth-order valence-corrected chi connectivity index (χ4v) is 14.9. The summed E-state index contributed by atoms with van der Waals surface area (Å²) in [7, 11) is -9.93. The van der Waals surface area contributed by atoms with Crippen molar-refractivity contribution in [1.82, 2.24) is 0 Å². The zero-order chi connectivity index (χ0) is 76.2. The third-order valence-corrected chi connectivity index (χ3v) is 21.9. The van der Waals surface area contributed by atoms with E-state index in [1.807, 2.05) is 0 Å². The fraction of sp³-hybridized carbons (Fsp3) is 0.953. The molecule has 3 N–H and O–H groups in total. The second kappa shape index (κ2) is 77.8. The first kappa shape index (κ1) is 102. The van der Waals surface area contributed by atoms with Gasteiger partial charge in [0.25, 0.3) is 0 Å². The molecule has 2 unspecified atom stereocenters. The maximum Gasteiger partial charge on any atom is 0.472 e. The van der Waals surface area contributed by atoms with Gasteiger partial charge in [0, 0.05) is 25.7 Å². The molecule has 0 aromatic rings. The Kier molecular flexibility index (Phi) is 76.3. The van der Waals surface area contributed by atoms with Gasteiger partial charge in [-0.2, -0.15) is 0 Å². The number of hydrogen-bond acceptors (Lipinski definition) is 15. The minimum absolute atomic E-state index is 0.108. The molecule has 618 valence electrons. The summed E-state index contributed by atoms with van der Waals surface area (Å²) in [6, 6.07) is 0. The van der Waals surface area contributed by atoms with E-state index in [-0.39, 0.29) is 25.7 Å². The molecule has 0 aromatic carbocycles. The van der Waals surface area contributed by atoms with Gasteiger partial charge in [-0.15, -0.1) is 0 Å². The molecule has 0 spiro atoms. The Bertz CT molecular complexity index is 1980. The first-order valence-electron chi connectivity index (χ1n) is 44.1. The lowest BCUT2D eigenvalue weighted by atomic mass is 10.0. The second-order valence-electron chi connectivity index (χ2n) is 31.1. The number of hydrogen-bond donors (Lipinski definition) is 3. The van der Waals surface area contributed by atoms with Crippen LogP contribution in [0.25, 0.3) is 0 Å². The summed E-state index contributed by atoms with van der Waals surface area (Å²) >= 11 is 0. The number of carbonyl (C=O) groups excluding carboxylic acids is 4. The first-order chi connectivity index (χ1) is 50.5. The summed E-state index contributed by atoms with van der Waals surface area (Å²) in [5.41, 5.74) is 0. The summed E-state index contributed by atoms with van der Waals surface area (Å²) in [6.45, 7) is 7.37. The zero-order valence-electron chi connectivity index (χ0n) is 68.2. The van der Waals surface area contributed by atoms with E-state index in [1.54, 1.807) is 0 Å². The third-order valence-electron chi connectivity index (χ3n) is 20.0. The topological polar surface area (TPSA) is 237 Å². The minimum atomic E-state index is -4.96. The molecule has 0 aliphatic heterocycles. The van der Waals surface area contributed by atoms with Crippen LogP contribution >= 0.6 is 15.6 Å². The van der Waals surface area contributed by atoms with Gasteiger partial charge in [0.1, 0.15) is 19.3 Å².